The fourth-order valence-corrected chi connectivity index (χ4v) is 3.68. The summed E-state index contributed by atoms with van der Waals surface area (Å²) in [5, 5.41) is 5.48. The fourth-order valence-electron chi connectivity index (χ4n) is 3.68. The van der Waals surface area contributed by atoms with E-state index in [-0.39, 0.29) is 11.1 Å². The quantitative estimate of drug-likeness (QED) is 0.277. The first-order valence-electron chi connectivity index (χ1n) is 9.64. The Morgan fingerprint density at radius 2 is 1.74 bits per heavy atom. The molecule has 0 bridgehead atoms. The Morgan fingerprint density at radius 1 is 0.968 bits per heavy atom. The molecule has 0 aliphatic carbocycles. The molecule has 0 saturated carbocycles. The summed E-state index contributed by atoms with van der Waals surface area (Å²) in [6.07, 6.45) is 1.03. The number of hydrogen-bond acceptors (Lipinski definition) is 2. The second kappa shape index (κ2) is 7.87. The standard InChI is InChI=1S/C25H19F3N2O/c1-16-18(7-9-20-12-17(15-31)6-11-23(20)25(26,27)28)4-3-5-22(16)19-8-10-21-14-30(2)29-24(21)13-19/h3-15H,1-2H3/b9-7+. The lowest BCUT2D eigenvalue weighted by molar-refractivity contribution is -0.137. The van der Waals surface area contributed by atoms with E-state index in [1.807, 2.05) is 56.6 Å². The van der Waals surface area contributed by atoms with Gasteiger partial charge in [-0.25, -0.2) is 0 Å². The molecule has 0 unspecified atom stereocenters. The monoisotopic (exact) mass is 420 g/mol. The third-order valence-corrected chi connectivity index (χ3v) is 5.27. The van der Waals surface area contributed by atoms with E-state index in [0.29, 0.717) is 6.29 Å². The topological polar surface area (TPSA) is 34.9 Å². The van der Waals surface area contributed by atoms with Crippen molar-refractivity contribution >= 4 is 29.3 Å². The molecule has 156 valence electrons. The van der Waals surface area contributed by atoms with Crippen LogP contribution in [0.3, 0.4) is 0 Å². The number of fused-ring (bicyclic) bond motifs is 1. The number of carbonyl (C=O) groups excluding carboxylic acids is 1. The zero-order chi connectivity index (χ0) is 22.2. The van der Waals surface area contributed by atoms with Crippen LogP contribution in [-0.2, 0) is 13.2 Å². The van der Waals surface area contributed by atoms with Gasteiger partial charge in [0.15, 0.2) is 0 Å². The number of aryl methyl sites for hydroxylation is 1. The molecule has 0 amide bonds. The maximum absolute atomic E-state index is 13.4. The lowest BCUT2D eigenvalue weighted by atomic mass is 9.95. The van der Waals surface area contributed by atoms with Crippen molar-refractivity contribution in [2.24, 2.45) is 7.05 Å². The number of aromatic nitrogens is 2. The molecule has 6 heteroatoms. The van der Waals surface area contributed by atoms with E-state index in [0.717, 1.165) is 39.2 Å². The van der Waals surface area contributed by atoms with Crippen molar-refractivity contribution in [2.45, 2.75) is 13.1 Å². The molecule has 3 nitrogen and oxygen atoms in total. The second-order valence-electron chi connectivity index (χ2n) is 7.39. The van der Waals surface area contributed by atoms with Crippen LogP contribution >= 0.6 is 0 Å². The summed E-state index contributed by atoms with van der Waals surface area (Å²) in [6.45, 7) is 1.93. The average molecular weight is 420 g/mol. The van der Waals surface area contributed by atoms with Gasteiger partial charge in [-0.3, -0.25) is 9.48 Å². The number of alkyl halides is 3. The van der Waals surface area contributed by atoms with Gasteiger partial charge in [-0.15, -0.1) is 0 Å². The van der Waals surface area contributed by atoms with Gasteiger partial charge in [-0.1, -0.05) is 48.6 Å². The average Bonchev–Trinajstić information content (AvgIpc) is 3.11. The molecule has 0 spiro atoms. The number of carbonyl (C=O) groups is 1. The van der Waals surface area contributed by atoms with Crippen molar-refractivity contribution in [3.8, 4) is 11.1 Å². The first-order valence-corrected chi connectivity index (χ1v) is 9.64. The third-order valence-electron chi connectivity index (χ3n) is 5.27. The molecule has 0 N–H and O–H groups in total. The van der Waals surface area contributed by atoms with E-state index in [1.165, 1.54) is 18.2 Å². The molecule has 4 rings (SSSR count). The van der Waals surface area contributed by atoms with Gasteiger partial charge < -0.3 is 0 Å². The Balaban J connectivity index is 1.75. The molecule has 0 saturated heterocycles. The van der Waals surface area contributed by atoms with E-state index >= 15 is 0 Å². The Hall–Kier alpha value is -3.67. The van der Waals surface area contributed by atoms with Gasteiger partial charge in [-0.05, 0) is 52.9 Å². The summed E-state index contributed by atoms with van der Waals surface area (Å²) >= 11 is 0. The van der Waals surface area contributed by atoms with Gasteiger partial charge in [0.2, 0.25) is 0 Å². The van der Waals surface area contributed by atoms with E-state index in [9.17, 15) is 18.0 Å². The molecule has 0 aliphatic rings. The van der Waals surface area contributed by atoms with Crippen LogP contribution in [-0.4, -0.2) is 16.1 Å². The molecular weight excluding hydrogens is 401 g/mol. The molecule has 0 radical (unpaired) electrons. The number of nitrogens with zero attached hydrogens (tertiary/aromatic N) is 2. The minimum Gasteiger partial charge on any atom is -0.298 e. The lowest BCUT2D eigenvalue weighted by Crippen LogP contribution is -2.07. The number of aldehydes is 1. The van der Waals surface area contributed by atoms with Crippen molar-refractivity contribution in [2.75, 3.05) is 0 Å². The predicted octanol–water partition coefficient (Wildman–Crippen LogP) is 6.55. The van der Waals surface area contributed by atoms with Gasteiger partial charge in [0, 0.05) is 24.2 Å². The minimum absolute atomic E-state index is 0.0446. The Bertz CT molecular complexity index is 1320. The highest BCUT2D eigenvalue weighted by Gasteiger charge is 2.32. The van der Waals surface area contributed by atoms with Crippen LogP contribution in [0.1, 0.15) is 32.6 Å². The highest BCUT2D eigenvalue weighted by atomic mass is 19.4. The van der Waals surface area contributed by atoms with Gasteiger partial charge in [0.1, 0.15) is 6.29 Å². The first-order chi connectivity index (χ1) is 14.8. The highest BCUT2D eigenvalue weighted by molar-refractivity contribution is 5.86. The number of benzene rings is 3. The molecule has 3 aromatic carbocycles. The predicted molar refractivity (Wildman–Crippen MR) is 117 cm³/mol. The van der Waals surface area contributed by atoms with Crippen molar-refractivity contribution < 1.29 is 18.0 Å². The van der Waals surface area contributed by atoms with Gasteiger partial charge in [-0.2, -0.15) is 18.3 Å². The summed E-state index contributed by atoms with van der Waals surface area (Å²) in [5.74, 6) is 0. The molecule has 4 aromatic rings. The van der Waals surface area contributed by atoms with E-state index in [1.54, 1.807) is 10.8 Å². The third kappa shape index (κ3) is 4.14. The summed E-state index contributed by atoms with van der Waals surface area (Å²) in [5.41, 5.74) is 3.95. The molecule has 1 aromatic heterocycles. The number of halogens is 3. The molecule has 0 atom stereocenters. The molecular formula is C25H19F3N2O. The minimum atomic E-state index is -4.50. The Labute approximate surface area is 177 Å². The summed E-state index contributed by atoms with van der Waals surface area (Å²) < 4.78 is 41.9. The molecule has 0 aliphatic heterocycles. The molecule has 31 heavy (non-hydrogen) atoms. The number of rotatable bonds is 4. The fraction of sp³-hybridized carbons (Fsp3) is 0.120. The summed E-state index contributed by atoms with van der Waals surface area (Å²) in [6, 6.07) is 15.1. The van der Waals surface area contributed by atoms with Gasteiger partial charge in [0.25, 0.3) is 0 Å². The zero-order valence-electron chi connectivity index (χ0n) is 16.9. The maximum atomic E-state index is 13.4. The Morgan fingerprint density at radius 3 is 2.48 bits per heavy atom. The molecule has 0 fully saturated rings. The van der Waals surface area contributed by atoms with Crippen LogP contribution in [0.15, 0.2) is 60.8 Å². The maximum Gasteiger partial charge on any atom is 0.416 e. The number of hydrogen-bond donors (Lipinski definition) is 0. The van der Waals surface area contributed by atoms with Crippen LogP contribution in [0, 0.1) is 6.92 Å². The van der Waals surface area contributed by atoms with Crippen LogP contribution < -0.4 is 0 Å². The molecule has 1 heterocycles. The van der Waals surface area contributed by atoms with E-state index < -0.39 is 11.7 Å². The SMILES string of the molecule is Cc1c(/C=C/c2cc(C=O)ccc2C(F)(F)F)cccc1-c1ccc2cn(C)nc2c1. The van der Waals surface area contributed by atoms with Gasteiger partial charge in [0.05, 0.1) is 11.1 Å². The Kier molecular flexibility index (Phi) is 5.23. The smallest absolute Gasteiger partial charge is 0.298 e. The highest BCUT2D eigenvalue weighted by Crippen LogP contribution is 2.34. The van der Waals surface area contributed by atoms with Crippen LogP contribution in [0.4, 0.5) is 13.2 Å². The lowest BCUT2D eigenvalue weighted by Gasteiger charge is -2.12. The van der Waals surface area contributed by atoms with Crippen molar-refractivity contribution in [1.29, 1.82) is 0 Å². The normalized spacial score (nSPS) is 12.0. The zero-order valence-corrected chi connectivity index (χ0v) is 16.9. The van der Waals surface area contributed by atoms with Crippen molar-refractivity contribution in [3.05, 3.63) is 88.6 Å². The van der Waals surface area contributed by atoms with Crippen molar-refractivity contribution in [3.63, 3.8) is 0 Å². The van der Waals surface area contributed by atoms with E-state index in [2.05, 4.69) is 5.10 Å². The van der Waals surface area contributed by atoms with Gasteiger partial charge >= 0.3 is 6.18 Å². The largest absolute Gasteiger partial charge is 0.416 e. The van der Waals surface area contributed by atoms with Crippen LogP contribution in [0.5, 0.6) is 0 Å². The summed E-state index contributed by atoms with van der Waals surface area (Å²) in [7, 11) is 1.87. The van der Waals surface area contributed by atoms with Crippen LogP contribution in [0.25, 0.3) is 34.2 Å². The van der Waals surface area contributed by atoms with E-state index in [4.69, 9.17) is 0 Å². The first kappa shape index (κ1) is 20.6. The van der Waals surface area contributed by atoms with Crippen molar-refractivity contribution in [1.82, 2.24) is 9.78 Å². The summed E-state index contributed by atoms with van der Waals surface area (Å²) in [4.78, 5) is 11.0. The second-order valence-corrected chi connectivity index (χ2v) is 7.39. The van der Waals surface area contributed by atoms with Crippen LogP contribution in [0.2, 0.25) is 0 Å².